The number of rotatable bonds is 2. The highest BCUT2D eigenvalue weighted by Gasteiger charge is 2.10. The lowest BCUT2D eigenvalue weighted by Gasteiger charge is -2.10. The number of benzene rings is 1. The Hall–Kier alpha value is -2.13. The number of fused-ring (bicyclic) bond motifs is 1. The van der Waals surface area contributed by atoms with Crippen LogP contribution < -0.4 is 5.73 Å². The van der Waals surface area contributed by atoms with Crippen LogP contribution in [0.5, 0.6) is 0 Å². The van der Waals surface area contributed by atoms with Crippen LogP contribution in [-0.4, -0.2) is 4.98 Å². The number of aromatic nitrogens is 1. The quantitative estimate of drug-likeness (QED) is 0.728. The van der Waals surface area contributed by atoms with Crippen molar-refractivity contribution in [3.63, 3.8) is 0 Å². The van der Waals surface area contributed by atoms with Crippen LogP contribution in [0.3, 0.4) is 0 Å². The Balaban J connectivity index is 2.06. The molecule has 1 unspecified atom stereocenters. The highest BCUT2D eigenvalue weighted by atomic mass is 16.3. The molecule has 0 radical (unpaired) electrons. The zero-order chi connectivity index (χ0) is 11.7. The molecule has 0 saturated heterocycles. The minimum atomic E-state index is -0.167. The Labute approximate surface area is 98.9 Å². The van der Waals surface area contributed by atoms with Crippen molar-refractivity contribution in [3.8, 4) is 0 Å². The first kappa shape index (κ1) is 10.1. The van der Waals surface area contributed by atoms with Gasteiger partial charge in [0.1, 0.15) is 0 Å². The second-order valence-corrected chi connectivity index (χ2v) is 3.99. The molecular weight excluding hydrogens is 212 g/mol. The van der Waals surface area contributed by atoms with E-state index in [1.165, 1.54) is 0 Å². The van der Waals surface area contributed by atoms with Gasteiger partial charge in [-0.15, -0.1) is 0 Å². The lowest BCUT2D eigenvalue weighted by Crippen LogP contribution is -2.10. The lowest BCUT2D eigenvalue weighted by molar-refractivity contribution is 0.562. The van der Waals surface area contributed by atoms with Crippen LogP contribution in [0.2, 0.25) is 0 Å². The normalized spacial score (nSPS) is 12.8. The molecule has 17 heavy (non-hydrogen) atoms. The summed E-state index contributed by atoms with van der Waals surface area (Å²) in [6, 6.07) is 11.8. The maximum atomic E-state index is 6.16. The predicted octanol–water partition coefficient (Wildman–Crippen LogP) is 2.88. The van der Waals surface area contributed by atoms with Crippen LogP contribution in [0.25, 0.3) is 10.9 Å². The fraction of sp³-hybridized carbons (Fsp3) is 0.0714. The molecule has 0 aliphatic rings. The van der Waals surface area contributed by atoms with Crippen molar-refractivity contribution in [2.24, 2.45) is 5.73 Å². The summed E-state index contributed by atoms with van der Waals surface area (Å²) in [6.45, 7) is 0. The molecule has 0 saturated carbocycles. The molecule has 2 heterocycles. The number of nitrogens with zero attached hydrogens (tertiary/aromatic N) is 1. The third-order valence-electron chi connectivity index (χ3n) is 2.89. The average Bonchev–Trinajstić information content (AvgIpc) is 2.91. The van der Waals surface area contributed by atoms with Gasteiger partial charge in [-0.25, -0.2) is 0 Å². The summed E-state index contributed by atoms with van der Waals surface area (Å²) >= 11 is 0. The highest BCUT2D eigenvalue weighted by molar-refractivity contribution is 5.79. The Kier molecular flexibility index (Phi) is 2.38. The Morgan fingerprint density at radius 2 is 2.06 bits per heavy atom. The van der Waals surface area contributed by atoms with Gasteiger partial charge in [0.2, 0.25) is 0 Å². The van der Waals surface area contributed by atoms with E-state index in [9.17, 15) is 0 Å². The molecule has 3 rings (SSSR count). The van der Waals surface area contributed by atoms with Gasteiger partial charge in [-0.2, -0.15) is 0 Å². The molecule has 1 aromatic carbocycles. The molecule has 0 spiro atoms. The van der Waals surface area contributed by atoms with Gasteiger partial charge in [0.05, 0.1) is 24.1 Å². The third kappa shape index (κ3) is 1.81. The van der Waals surface area contributed by atoms with Gasteiger partial charge in [-0.05, 0) is 23.8 Å². The van der Waals surface area contributed by atoms with Crippen LogP contribution in [0.1, 0.15) is 17.2 Å². The van der Waals surface area contributed by atoms with Crippen LogP contribution in [0, 0.1) is 0 Å². The fourth-order valence-corrected chi connectivity index (χ4v) is 1.92. The van der Waals surface area contributed by atoms with E-state index in [0.29, 0.717) is 0 Å². The number of hydrogen-bond acceptors (Lipinski definition) is 3. The van der Waals surface area contributed by atoms with Crippen LogP contribution in [-0.2, 0) is 0 Å². The standard InChI is InChI=1S/C14H12N2O/c15-14(12-5-7-17-9-12)11-4-3-10-2-1-6-16-13(10)8-11/h1-9,14H,15H2. The minimum absolute atomic E-state index is 0.167. The van der Waals surface area contributed by atoms with Crippen LogP contribution >= 0.6 is 0 Å². The summed E-state index contributed by atoms with van der Waals surface area (Å²) in [5, 5.41) is 1.12. The van der Waals surface area contributed by atoms with Crippen molar-refractivity contribution in [2.75, 3.05) is 0 Å². The Bertz CT molecular complexity index is 632. The molecular formula is C14H12N2O. The van der Waals surface area contributed by atoms with Crippen molar-refractivity contribution < 1.29 is 4.42 Å². The lowest BCUT2D eigenvalue weighted by atomic mass is 10.0. The first-order valence-electron chi connectivity index (χ1n) is 5.47. The first-order chi connectivity index (χ1) is 8.34. The SMILES string of the molecule is NC(c1ccoc1)c1ccc2cccnc2c1. The summed E-state index contributed by atoms with van der Waals surface area (Å²) in [5.74, 6) is 0. The van der Waals surface area contributed by atoms with Gasteiger partial charge >= 0.3 is 0 Å². The summed E-state index contributed by atoms with van der Waals surface area (Å²) in [5.41, 5.74) is 9.14. The predicted molar refractivity (Wildman–Crippen MR) is 66.5 cm³/mol. The molecule has 84 valence electrons. The minimum Gasteiger partial charge on any atom is -0.472 e. The molecule has 1 atom stereocenters. The molecule has 0 aliphatic heterocycles. The molecule has 0 amide bonds. The van der Waals surface area contributed by atoms with E-state index >= 15 is 0 Å². The fourth-order valence-electron chi connectivity index (χ4n) is 1.92. The Morgan fingerprint density at radius 1 is 1.12 bits per heavy atom. The molecule has 3 heteroatoms. The van der Waals surface area contributed by atoms with E-state index in [1.807, 2.05) is 36.4 Å². The van der Waals surface area contributed by atoms with Crippen molar-refractivity contribution in [1.29, 1.82) is 0 Å². The summed E-state index contributed by atoms with van der Waals surface area (Å²) < 4.78 is 5.05. The highest BCUT2D eigenvalue weighted by Crippen LogP contribution is 2.22. The zero-order valence-corrected chi connectivity index (χ0v) is 9.21. The number of nitrogens with two attached hydrogens (primary N) is 1. The largest absolute Gasteiger partial charge is 0.472 e. The second-order valence-electron chi connectivity index (χ2n) is 3.99. The van der Waals surface area contributed by atoms with Gasteiger partial charge in [-0.3, -0.25) is 4.98 Å². The summed E-state index contributed by atoms with van der Waals surface area (Å²) in [4.78, 5) is 4.33. The van der Waals surface area contributed by atoms with E-state index in [2.05, 4.69) is 4.98 Å². The van der Waals surface area contributed by atoms with Gasteiger partial charge in [0.15, 0.2) is 0 Å². The molecule has 0 aliphatic carbocycles. The maximum absolute atomic E-state index is 6.16. The van der Waals surface area contributed by atoms with Crippen molar-refractivity contribution in [3.05, 3.63) is 66.2 Å². The molecule has 3 nitrogen and oxygen atoms in total. The van der Waals surface area contributed by atoms with Crippen molar-refractivity contribution in [2.45, 2.75) is 6.04 Å². The average molecular weight is 224 g/mol. The second kappa shape index (κ2) is 4.03. The molecule has 2 N–H and O–H groups in total. The van der Waals surface area contributed by atoms with Gasteiger partial charge in [0, 0.05) is 17.1 Å². The van der Waals surface area contributed by atoms with E-state index in [1.54, 1.807) is 18.7 Å². The molecule has 0 bridgehead atoms. The van der Waals surface area contributed by atoms with Crippen molar-refractivity contribution >= 4 is 10.9 Å². The number of furan rings is 1. The zero-order valence-electron chi connectivity index (χ0n) is 9.21. The van der Waals surface area contributed by atoms with Crippen LogP contribution in [0.15, 0.2) is 59.5 Å². The summed E-state index contributed by atoms with van der Waals surface area (Å²) in [6.07, 6.45) is 5.09. The van der Waals surface area contributed by atoms with Crippen LogP contribution in [0.4, 0.5) is 0 Å². The molecule has 3 aromatic rings. The maximum Gasteiger partial charge on any atom is 0.0953 e. The summed E-state index contributed by atoms with van der Waals surface area (Å²) in [7, 11) is 0. The van der Waals surface area contributed by atoms with Gasteiger partial charge in [0.25, 0.3) is 0 Å². The van der Waals surface area contributed by atoms with E-state index in [4.69, 9.17) is 10.2 Å². The molecule has 2 aromatic heterocycles. The van der Waals surface area contributed by atoms with Gasteiger partial charge < -0.3 is 10.2 Å². The van der Waals surface area contributed by atoms with Gasteiger partial charge in [-0.1, -0.05) is 18.2 Å². The van der Waals surface area contributed by atoms with E-state index < -0.39 is 0 Å². The first-order valence-corrected chi connectivity index (χ1v) is 5.47. The topological polar surface area (TPSA) is 52.0 Å². The molecule has 0 fully saturated rings. The van der Waals surface area contributed by atoms with E-state index in [0.717, 1.165) is 22.0 Å². The van der Waals surface area contributed by atoms with Crippen molar-refractivity contribution in [1.82, 2.24) is 4.98 Å². The Morgan fingerprint density at radius 3 is 2.88 bits per heavy atom. The monoisotopic (exact) mass is 224 g/mol. The smallest absolute Gasteiger partial charge is 0.0953 e. The van der Waals surface area contributed by atoms with E-state index in [-0.39, 0.29) is 6.04 Å². The third-order valence-corrected chi connectivity index (χ3v) is 2.89. The number of hydrogen-bond donors (Lipinski definition) is 1. The number of pyridine rings is 1.